The minimum absolute atomic E-state index is 0.261. The van der Waals surface area contributed by atoms with Crippen LogP contribution < -0.4 is 5.32 Å². The van der Waals surface area contributed by atoms with Gasteiger partial charge in [0.15, 0.2) is 5.17 Å². The first kappa shape index (κ1) is 12.3. The molecule has 0 atom stereocenters. The molecule has 0 unspecified atom stereocenters. The number of hydrogen-bond donors (Lipinski definition) is 1. The SMILES string of the molecule is N#CN=C1NC(=O)C(=Cc2ccc3nccnc3c2)S1. The zero-order valence-electron chi connectivity index (χ0n) is 10.1. The molecule has 0 spiro atoms. The number of fused-ring (bicyclic) bond motifs is 1. The van der Waals surface area contributed by atoms with E-state index in [9.17, 15) is 4.79 Å². The Balaban J connectivity index is 1.96. The normalized spacial score (nSPS) is 18.4. The molecule has 1 N–H and O–H groups in total. The van der Waals surface area contributed by atoms with E-state index in [1.807, 2.05) is 18.2 Å². The van der Waals surface area contributed by atoms with E-state index in [1.165, 1.54) is 0 Å². The van der Waals surface area contributed by atoms with Crippen molar-refractivity contribution in [3.63, 3.8) is 0 Å². The average molecular weight is 281 g/mol. The Labute approximate surface area is 118 Å². The van der Waals surface area contributed by atoms with E-state index in [0.717, 1.165) is 28.4 Å². The molecule has 96 valence electrons. The first-order valence-electron chi connectivity index (χ1n) is 5.65. The van der Waals surface area contributed by atoms with Crippen molar-refractivity contribution in [1.82, 2.24) is 15.3 Å². The third-order valence-electron chi connectivity index (χ3n) is 2.59. The molecule has 1 saturated heterocycles. The Morgan fingerprint density at radius 3 is 2.90 bits per heavy atom. The highest BCUT2D eigenvalue weighted by Gasteiger charge is 2.23. The Hall–Kier alpha value is -2.72. The van der Waals surface area contributed by atoms with E-state index in [2.05, 4.69) is 20.3 Å². The van der Waals surface area contributed by atoms with Crippen molar-refractivity contribution in [2.45, 2.75) is 0 Å². The molecule has 7 heteroatoms. The fourth-order valence-corrected chi connectivity index (χ4v) is 2.52. The molecule has 0 bridgehead atoms. The summed E-state index contributed by atoms with van der Waals surface area (Å²) in [5.74, 6) is -0.261. The smallest absolute Gasteiger partial charge is 0.264 e. The summed E-state index contributed by atoms with van der Waals surface area (Å²) in [5, 5.41) is 11.3. The first-order chi connectivity index (χ1) is 9.76. The minimum atomic E-state index is -0.261. The van der Waals surface area contributed by atoms with Crippen LogP contribution in [-0.2, 0) is 4.79 Å². The highest BCUT2D eigenvalue weighted by Crippen LogP contribution is 2.26. The van der Waals surface area contributed by atoms with E-state index < -0.39 is 0 Å². The van der Waals surface area contributed by atoms with Crippen LogP contribution in [0.2, 0.25) is 0 Å². The van der Waals surface area contributed by atoms with Crippen LogP contribution in [0.3, 0.4) is 0 Å². The monoisotopic (exact) mass is 281 g/mol. The van der Waals surface area contributed by atoms with E-state index in [-0.39, 0.29) is 5.91 Å². The van der Waals surface area contributed by atoms with Gasteiger partial charge in [0, 0.05) is 12.4 Å². The van der Waals surface area contributed by atoms with Gasteiger partial charge in [-0.25, -0.2) is 0 Å². The van der Waals surface area contributed by atoms with Crippen molar-refractivity contribution in [2.75, 3.05) is 0 Å². The molecule has 1 aliphatic rings. The second kappa shape index (κ2) is 5.11. The van der Waals surface area contributed by atoms with Crippen molar-refractivity contribution in [3.8, 4) is 6.19 Å². The summed E-state index contributed by atoms with van der Waals surface area (Å²) < 4.78 is 0. The van der Waals surface area contributed by atoms with Crippen LogP contribution in [0.5, 0.6) is 0 Å². The summed E-state index contributed by atoms with van der Waals surface area (Å²) in [7, 11) is 0. The number of hydrogen-bond acceptors (Lipinski definition) is 6. The predicted molar refractivity (Wildman–Crippen MR) is 76.3 cm³/mol. The van der Waals surface area contributed by atoms with Gasteiger partial charge in [0.1, 0.15) is 0 Å². The number of aromatic nitrogens is 2. The van der Waals surface area contributed by atoms with Crippen LogP contribution in [0.25, 0.3) is 17.1 Å². The number of carbonyl (C=O) groups is 1. The summed E-state index contributed by atoms with van der Waals surface area (Å²) in [5.41, 5.74) is 2.40. The number of amides is 1. The van der Waals surface area contributed by atoms with Gasteiger partial charge >= 0.3 is 0 Å². The van der Waals surface area contributed by atoms with E-state index in [1.54, 1.807) is 24.7 Å². The number of amidine groups is 1. The van der Waals surface area contributed by atoms with Crippen molar-refractivity contribution >= 4 is 39.9 Å². The summed E-state index contributed by atoms with van der Waals surface area (Å²) in [6.07, 6.45) is 6.63. The minimum Gasteiger partial charge on any atom is -0.300 e. The van der Waals surface area contributed by atoms with Gasteiger partial charge in [0.25, 0.3) is 5.91 Å². The van der Waals surface area contributed by atoms with Crippen molar-refractivity contribution in [2.24, 2.45) is 4.99 Å². The van der Waals surface area contributed by atoms with Gasteiger partial charge < -0.3 is 0 Å². The molecule has 6 nitrogen and oxygen atoms in total. The topological polar surface area (TPSA) is 91.0 Å². The maximum Gasteiger partial charge on any atom is 0.264 e. The molecule has 0 aliphatic carbocycles. The maximum atomic E-state index is 11.7. The molecule has 2 heterocycles. The highest BCUT2D eigenvalue weighted by molar-refractivity contribution is 8.18. The quantitative estimate of drug-likeness (QED) is 0.634. The lowest BCUT2D eigenvalue weighted by Gasteiger charge is -1.98. The summed E-state index contributed by atoms with van der Waals surface area (Å²) >= 11 is 1.14. The van der Waals surface area contributed by atoms with Gasteiger partial charge in [0.05, 0.1) is 15.9 Å². The molecule has 1 fully saturated rings. The van der Waals surface area contributed by atoms with Crippen LogP contribution >= 0.6 is 11.8 Å². The molecular weight excluding hydrogens is 274 g/mol. The average Bonchev–Trinajstić information content (AvgIpc) is 2.79. The fourth-order valence-electron chi connectivity index (χ4n) is 1.75. The molecule has 1 aromatic heterocycles. The number of carbonyl (C=O) groups excluding carboxylic acids is 1. The number of nitrogens with one attached hydrogen (secondary N) is 1. The predicted octanol–water partition coefficient (Wildman–Crippen LogP) is 1.67. The molecule has 0 radical (unpaired) electrons. The first-order valence-corrected chi connectivity index (χ1v) is 6.46. The van der Waals surface area contributed by atoms with Crippen LogP contribution in [0.1, 0.15) is 5.56 Å². The fraction of sp³-hybridized carbons (Fsp3) is 0. The second-order valence-electron chi connectivity index (χ2n) is 3.89. The Morgan fingerprint density at radius 2 is 2.10 bits per heavy atom. The van der Waals surface area contributed by atoms with Crippen LogP contribution in [0.4, 0.5) is 0 Å². The Morgan fingerprint density at radius 1 is 1.30 bits per heavy atom. The molecule has 20 heavy (non-hydrogen) atoms. The number of aliphatic imine (C=N–C) groups is 1. The maximum absolute atomic E-state index is 11.7. The zero-order valence-corrected chi connectivity index (χ0v) is 10.9. The van der Waals surface area contributed by atoms with Gasteiger partial charge in [-0.05, 0) is 35.5 Å². The van der Waals surface area contributed by atoms with Crippen molar-refractivity contribution in [1.29, 1.82) is 5.26 Å². The van der Waals surface area contributed by atoms with Crippen LogP contribution in [0, 0.1) is 11.5 Å². The summed E-state index contributed by atoms with van der Waals surface area (Å²) in [6, 6.07) is 5.55. The van der Waals surface area contributed by atoms with Gasteiger partial charge in [0.2, 0.25) is 6.19 Å². The van der Waals surface area contributed by atoms with Crippen molar-refractivity contribution < 1.29 is 4.79 Å². The lowest BCUT2D eigenvalue weighted by Crippen LogP contribution is -2.19. The molecule has 1 aliphatic heterocycles. The van der Waals surface area contributed by atoms with E-state index in [4.69, 9.17) is 5.26 Å². The number of nitrogens with zero attached hydrogens (tertiary/aromatic N) is 4. The van der Waals surface area contributed by atoms with Crippen LogP contribution in [0.15, 0.2) is 40.5 Å². The number of thioether (sulfide) groups is 1. The lowest BCUT2D eigenvalue weighted by atomic mass is 10.2. The Bertz CT molecular complexity index is 806. The van der Waals surface area contributed by atoms with Gasteiger partial charge in [-0.3, -0.25) is 20.1 Å². The standard InChI is InChI=1S/C13H7N5OS/c14-7-17-13-18-12(19)11(20-13)6-8-1-2-9-10(5-8)16-4-3-15-9/h1-6H,(H,17,18,19). The van der Waals surface area contributed by atoms with Gasteiger partial charge in [-0.1, -0.05) is 6.07 Å². The largest absolute Gasteiger partial charge is 0.300 e. The third-order valence-corrected chi connectivity index (χ3v) is 3.50. The van der Waals surface area contributed by atoms with Gasteiger partial charge in [-0.15, -0.1) is 4.99 Å². The Kier molecular flexibility index (Phi) is 3.15. The molecule has 0 saturated carbocycles. The van der Waals surface area contributed by atoms with E-state index >= 15 is 0 Å². The summed E-state index contributed by atoms with van der Waals surface area (Å²) in [4.78, 5) is 24.1. The third kappa shape index (κ3) is 2.37. The van der Waals surface area contributed by atoms with Crippen LogP contribution in [-0.4, -0.2) is 21.0 Å². The number of benzene rings is 1. The molecule has 1 amide bonds. The highest BCUT2D eigenvalue weighted by atomic mass is 32.2. The molecule has 1 aromatic carbocycles. The van der Waals surface area contributed by atoms with Gasteiger partial charge in [-0.2, -0.15) is 5.26 Å². The zero-order chi connectivity index (χ0) is 13.9. The van der Waals surface area contributed by atoms with E-state index in [0.29, 0.717) is 10.1 Å². The summed E-state index contributed by atoms with van der Waals surface area (Å²) in [6.45, 7) is 0. The van der Waals surface area contributed by atoms with Crippen molar-refractivity contribution in [3.05, 3.63) is 41.1 Å². The number of rotatable bonds is 1. The second-order valence-corrected chi connectivity index (χ2v) is 4.92. The number of nitriles is 1. The molecular formula is C13H7N5OS. The lowest BCUT2D eigenvalue weighted by molar-refractivity contribution is -0.115. The molecule has 3 rings (SSSR count). The molecule has 2 aromatic rings.